The SMILES string of the molecule is CCC1CCCN1C(=O)CNC(=O)OC1CCCC1. The van der Waals surface area contributed by atoms with Crippen molar-refractivity contribution in [3.63, 3.8) is 0 Å². The summed E-state index contributed by atoms with van der Waals surface area (Å²) < 4.78 is 5.26. The van der Waals surface area contributed by atoms with Crippen molar-refractivity contribution in [3.05, 3.63) is 0 Å². The molecule has 1 saturated carbocycles. The van der Waals surface area contributed by atoms with E-state index in [9.17, 15) is 9.59 Å². The first-order chi connectivity index (χ1) is 9.20. The fraction of sp³-hybridized carbons (Fsp3) is 0.857. The van der Waals surface area contributed by atoms with Crippen LogP contribution in [0.1, 0.15) is 51.9 Å². The minimum atomic E-state index is -0.451. The Hall–Kier alpha value is -1.26. The molecule has 1 saturated heterocycles. The first-order valence-corrected chi connectivity index (χ1v) is 7.44. The maximum absolute atomic E-state index is 12.0. The van der Waals surface area contributed by atoms with E-state index in [1.54, 1.807) is 0 Å². The summed E-state index contributed by atoms with van der Waals surface area (Å²) in [6.45, 7) is 2.97. The van der Waals surface area contributed by atoms with Gasteiger partial charge in [0.1, 0.15) is 12.6 Å². The molecule has 0 aromatic carbocycles. The molecule has 0 bridgehead atoms. The van der Waals surface area contributed by atoms with E-state index in [2.05, 4.69) is 12.2 Å². The second kappa shape index (κ2) is 6.78. The number of amides is 2. The maximum Gasteiger partial charge on any atom is 0.407 e. The molecule has 0 radical (unpaired) electrons. The number of hydrogen-bond donors (Lipinski definition) is 1. The molecule has 0 spiro atoms. The minimum absolute atomic E-state index is 0.00715. The van der Waals surface area contributed by atoms with Gasteiger partial charge >= 0.3 is 6.09 Å². The zero-order valence-corrected chi connectivity index (χ0v) is 11.7. The molecular weight excluding hydrogens is 244 g/mol. The summed E-state index contributed by atoms with van der Waals surface area (Å²) in [5, 5.41) is 2.58. The Morgan fingerprint density at radius 2 is 1.95 bits per heavy atom. The standard InChI is InChI=1S/C14H24N2O3/c1-2-11-6-5-9-16(11)13(17)10-15-14(18)19-12-7-3-4-8-12/h11-12H,2-10H2,1H3,(H,15,18). The van der Waals surface area contributed by atoms with Gasteiger partial charge in [-0.25, -0.2) is 4.79 Å². The Morgan fingerprint density at radius 3 is 2.63 bits per heavy atom. The molecule has 1 N–H and O–H groups in total. The number of ether oxygens (including phenoxy) is 1. The van der Waals surface area contributed by atoms with Gasteiger partial charge in [-0.2, -0.15) is 0 Å². The van der Waals surface area contributed by atoms with Crippen LogP contribution in [0.25, 0.3) is 0 Å². The lowest BCUT2D eigenvalue weighted by Gasteiger charge is -2.23. The Morgan fingerprint density at radius 1 is 1.21 bits per heavy atom. The van der Waals surface area contributed by atoms with Crippen molar-refractivity contribution >= 4 is 12.0 Å². The van der Waals surface area contributed by atoms with Crippen LogP contribution in [0.15, 0.2) is 0 Å². The number of carbonyl (C=O) groups is 2. The first-order valence-electron chi connectivity index (χ1n) is 7.44. The smallest absolute Gasteiger partial charge is 0.407 e. The average molecular weight is 268 g/mol. The van der Waals surface area contributed by atoms with Gasteiger partial charge in [0, 0.05) is 12.6 Å². The van der Waals surface area contributed by atoms with Gasteiger partial charge in [-0.15, -0.1) is 0 Å². The van der Waals surface area contributed by atoms with Crippen LogP contribution < -0.4 is 5.32 Å². The molecule has 2 rings (SSSR count). The molecule has 2 amide bonds. The lowest BCUT2D eigenvalue weighted by Crippen LogP contribution is -2.42. The van der Waals surface area contributed by atoms with Crippen molar-refractivity contribution in [1.29, 1.82) is 0 Å². The second-order valence-corrected chi connectivity index (χ2v) is 5.46. The van der Waals surface area contributed by atoms with Gasteiger partial charge in [0.15, 0.2) is 0 Å². The van der Waals surface area contributed by atoms with E-state index in [0.717, 1.165) is 51.5 Å². The van der Waals surface area contributed by atoms with Crippen molar-refractivity contribution in [1.82, 2.24) is 10.2 Å². The molecule has 108 valence electrons. The van der Waals surface area contributed by atoms with Gasteiger partial charge in [0.05, 0.1) is 0 Å². The van der Waals surface area contributed by atoms with Crippen LogP contribution in [-0.2, 0) is 9.53 Å². The van der Waals surface area contributed by atoms with E-state index in [-0.39, 0.29) is 18.6 Å². The van der Waals surface area contributed by atoms with Crippen LogP contribution in [0.3, 0.4) is 0 Å². The molecule has 5 nitrogen and oxygen atoms in total. The maximum atomic E-state index is 12.0. The fourth-order valence-corrected chi connectivity index (χ4v) is 3.04. The third-order valence-electron chi connectivity index (χ3n) is 4.13. The van der Waals surface area contributed by atoms with E-state index in [4.69, 9.17) is 4.74 Å². The predicted octanol–water partition coefficient (Wildman–Crippen LogP) is 2.06. The number of rotatable bonds is 4. The third-order valence-corrected chi connectivity index (χ3v) is 4.13. The minimum Gasteiger partial charge on any atom is -0.446 e. The predicted molar refractivity (Wildman–Crippen MR) is 71.8 cm³/mol. The lowest BCUT2D eigenvalue weighted by molar-refractivity contribution is -0.131. The van der Waals surface area contributed by atoms with Crippen LogP contribution in [-0.4, -0.2) is 42.1 Å². The van der Waals surface area contributed by atoms with Crippen molar-refractivity contribution in [2.24, 2.45) is 0 Å². The van der Waals surface area contributed by atoms with E-state index < -0.39 is 6.09 Å². The van der Waals surface area contributed by atoms with E-state index in [0.29, 0.717) is 6.04 Å². The molecular formula is C14H24N2O3. The molecule has 2 fully saturated rings. The Kier molecular flexibility index (Phi) is 5.05. The lowest BCUT2D eigenvalue weighted by atomic mass is 10.2. The molecule has 2 aliphatic rings. The van der Waals surface area contributed by atoms with Crippen LogP contribution in [0, 0.1) is 0 Å². The highest BCUT2D eigenvalue weighted by Crippen LogP contribution is 2.21. The van der Waals surface area contributed by atoms with E-state index in [1.807, 2.05) is 4.90 Å². The summed E-state index contributed by atoms with van der Waals surface area (Å²) in [7, 11) is 0. The van der Waals surface area contributed by atoms with Crippen molar-refractivity contribution in [2.45, 2.75) is 64.0 Å². The number of nitrogens with one attached hydrogen (secondary N) is 1. The summed E-state index contributed by atoms with van der Waals surface area (Å²) in [6, 6.07) is 0.347. The Labute approximate surface area is 114 Å². The summed E-state index contributed by atoms with van der Waals surface area (Å²) in [4.78, 5) is 25.5. The molecule has 1 aliphatic carbocycles. The fourth-order valence-electron chi connectivity index (χ4n) is 3.04. The largest absolute Gasteiger partial charge is 0.446 e. The zero-order chi connectivity index (χ0) is 13.7. The summed E-state index contributed by atoms with van der Waals surface area (Å²) in [6.07, 6.45) is 6.88. The van der Waals surface area contributed by atoms with Crippen LogP contribution in [0.5, 0.6) is 0 Å². The average Bonchev–Trinajstić information content (AvgIpc) is 3.06. The Balaban J connectivity index is 1.69. The van der Waals surface area contributed by atoms with Crippen molar-refractivity contribution < 1.29 is 14.3 Å². The van der Waals surface area contributed by atoms with E-state index >= 15 is 0 Å². The van der Waals surface area contributed by atoms with Crippen LogP contribution in [0.2, 0.25) is 0 Å². The molecule has 5 heteroatoms. The number of nitrogens with zero attached hydrogens (tertiary/aromatic N) is 1. The molecule has 1 unspecified atom stereocenters. The van der Waals surface area contributed by atoms with Gasteiger partial charge in [-0.05, 0) is 44.9 Å². The quantitative estimate of drug-likeness (QED) is 0.849. The monoisotopic (exact) mass is 268 g/mol. The van der Waals surface area contributed by atoms with E-state index in [1.165, 1.54) is 0 Å². The van der Waals surface area contributed by atoms with Crippen molar-refractivity contribution in [3.8, 4) is 0 Å². The number of alkyl carbamates (subject to hydrolysis) is 1. The molecule has 19 heavy (non-hydrogen) atoms. The Bertz CT molecular complexity index is 327. The van der Waals surface area contributed by atoms with Gasteiger partial charge in [-0.1, -0.05) is 6.92 Å². The molecule has 1 heterocycles. The highest BCUT2D eigenvalue weighted by molar-refractivity contribution is 5.82. The normalized spacial score (nSPS) is 23.6. The molecule has 1 aliphatic heterocycles. The molecule has 1 atom stereocenters. The van der Waals surface area contributed by atoms with Gasteiger partial charge in [0.25, 0.3) is 0 Å². The first kappa shape index (κ1) is 14.2. The summed E-state index contributed by atoms with van der Waals surface area (Å²) in [5.74, 6) is 0.00715. The second-order valence-electron chi connectivity index (χ2n) is 5.46. The number of likely N-dealkylation sites (tertiary alicyclic amines) is 1. The van der Waals surface area contributed by atoms with Crippen LogP contribution >= 0.6 is 0 Å². The number of hydrogen-bond acceptors (Lipinski definition) is 3. The highest BCUT2D eigenvalue weighted by Gasteiger charge is 2.27. The third kappa shape index (κ3) is 3.85. The van der Waals surface area contributed by atoms with Gasteiger partial charge in [0.2, 0.25) is 5.91 Å². The molecule has 0 aromatic heterocycles. The summed E-state index contributed by atoms with van der Waals surface area (Å²) >= 11 is 0. The molecule has 0 aromatic rings. The van der Waals surface area contributed by atoms with Crippen molar-refractivity contribution in [2.75, 3.05) is 13.1 Å². The number of carbonyl (C=O) groups excluding carboxylic acids is 2. The van der Waals surface area contributed by atoms with Gasteiger partial charge < -0.3 is 15.0 Å². The summed E-state index contributed by atoms with van der Waals surface area (Å²) in [5.41, 5.74) is 0. The van der Waals surface area contributed by atoms with Gasteiger partial charge in [-0.3, -0.25) is 4.79 Å². The van der Waals surface area contributed by atoms with Crippen LogP contribution in [0.4, 0.5) is 4.79 Å². The zero-order valence-electron chi connectivity index (χ0n) is 11.7. The topological polar surface area (TPSA) is 58.6 Å². The highest BCUT2D eigenvalue weighted by atomic mass is 16.6.